The van der Waals surface area contributed by atoms with Crippen LogP contribution in [0.4, 0.5) is 0 Å². The van der Waals surface area contributed by atoms with Crippen LogP contribution in [-0.4, -0.2) is 13.1 Å². The van der Waals surface area contributed by atoms with Crippen molar-refractivity contribution in [3.05, 3.63) is 36.8 Å². The smallest absolute Gasteiger partial charge is 0.330 e. The van der Waals surface area contributed by atoms with Crippen molar-refractivity contribution < 1.29 is 14.3 Å². The topological polar surface area (TPSA) is 35.5 Å². The van der Waals surface area contributed by atoms with Crippen LogP contribution in [0.25, 0.3) is 0 Å². The molecule has 0 atom stereocenters. The molecule has 0 spiro atoms. The molecule has 13 heavy (non-hydrogen) atoms. The van der Waals surface area contributed by atoms with Crippen LogP contribution in [0.15, 0.2) is 36.8 Å². The van der Waals surface area contributed by atoms with Crippen LogP contribution in [0.1, 0.15) is 13.3 Å². The summed E-state index contributed by atoms with van der Waals surface area (Å²) in [5.74, 6) is 0.178. The highest BCUT2D eigenvalue weighted by Crippen LogP contribution is 2.01. The van der Waals surface area contributed by atoms with Gasteiger partial charge in [0.1, 0.15) is 5.76 Å². The molecule has 0 saturated carbocycles. The van der Waals surface area contributed by atoms with Crippen molar-refractivity contribution in [2.24, 2.45) is 0 Å². The Morgan fingerprint density at radius 1 is 1.46 bits per heavy atom. The molecule has 0 aliphatic carbocycles. The summed E-state index contributed by atoms with van der Waals surface area (Å²) < 4.78 is 9.43. The average Bonchev–Trinajstić information content (AvgIpc) is 2.14. The van der Waals surface area contributed by atoms with Crippen molar-refractivity contribution in [3.8, 4) is 0 Å². The van der Waals surface area contributed by atoms with Crippen LogP contribution in [0, 0.1) is 0 Å². The second-order valence-corrected chi connectivity index (χ2v) is 2.16. The predicted molar refractivity (Wildman–Crippen MR) is 50.8 cm³/mol. The van der Waals surface area contributed by atoms with E-state index in [4.69, 9.17) is 4.74 Å². The van der Waals surface area contributed by atoms with Crippen LogP contribution in [0.3, 0.4) is 0 Å². The minimum Gasteiger partial charge on any atom is -0.466 e. The highest BCUT2D eigenvalue weighted by Gasteiger charge is 1.93. The van der Waals surface area contributed by atoms with Gasteiger partial charge in [0.25, 0.3) is 0 Å². The van der Waals surface area contributed by atoms with E-state index in [-0.39, 0.29) is 0 Å². The first-order valence-corrected chi connectivity index (χ1v) is 3.98. The fourth-order valence-electron chi connectivity index (χ4n) is 0.671. The van der Waals surface area contributed by atoms with Crippen molar-refractivity contribution in [3.63, 3.8) is 0 Å². The summed E-state index contributed by atoms with van der Waals surface area (Å²) >= 11 is 0. The molecule has 0 heterocycles. The first kappa shape index (κ1) is 11.5. The van der Waals surface area contributed by atoms with Crippen LogP contribution < -0.4 is 0 Å². The Morgan fingerprint density at radius 3 is 2.62 bits per heavy atom. The molecule has 0 saturated heterocycles. The molecule has 0 amide bonds. The third-order valence-electron chi connectivity index (χ3n) is 1.21. The largest absolute Gasteiger partial charge is 0.466 e. The maximum atomic E-state index is 10.7. The molecule has 0 aliphatic rings. The van der Waals surface area contributed by atoms with E-state index in [1.807, 2.05) is 13.0 Å². The molecule has 0 bridgehead atoms. The summed E-state index contributed by atoms with van der Waals surface area (Å²) in [4.78, 5) is 10.7. The van der Waals surface area contributed by atoms with E-state index in [0.29, 0.717) is 5.76 Å². The first-order chi connectivity index (χ1) is 6.24. The van der Waals surface area contributed by atoms with Crippen molar-refractivity contribution >= 4 is 5.97 Å². The van der Waals surface area contributed by atoms with Crippen LogP contribution in [-0.2, 0) is 14.3 Å². The molecular weight excluding hydrogens is 168 g/mol. The van der Waals surface area contributed by atoms with E-state index in [1.54, 1.807) is 0 Å². The van der Waals surface area contributed by atoms with Gasteiger partial charge in [-0.25, -0.2) is 4.79 Å². The van der Waals surface area contributed by atoms with Gasteiger partial charge in [-0.2, -0.15) is 0 Å². The number of methoxy groups -OCH3 is 1. The number of carbonyl (C=O) groups is 1. The second-order valence-electron chi connectivity index (χ2n) is 2.16. The third-order valence-corrected chi connectivity index (χ3v) is 1.21. The molecule has 0 unspecified atom stereocenters. The molecular formula is C10H14O3. The van der Waals surface area contributed by atoms with Crippen molar-refractivity contribution in [2.45, 2.75) is 13.3 Å². The Labute approximate surface area is 78.3 Å². The summed E-state index contributed by atoms with van der Waals surface area (Å²) in [6.07, 6.45) is 6.81. The van der Waals surface area contributed by atoms with Gasteiger partial charge in [0.2, 0.25) is 0 Å². The lowest BCUT2D eigenvalue weighted by Crippen LogP contribution is -1.94. The zero-order valence-electron chi connectivity index (χ0n) is 7.95. The minimum absolute atomic E-state index is 0.408. The van der Waals surface area contributed by atoms with Gasteiger partial charge in [-0.1, -0.05) is 13.5 Å². The molecule has 0 N–H and O–H groups in total. The van der Waals surface area contributed by atoms with Crippen molar-refractivity contribution in [1.82, 2.24) is 0 Å². The van der Waals surface area contributed by atoms with E-state index < -0.39 is 5.97 Å². The molecule has 0 radical (unpaired) electrons. The number of hydrogen-bond acceptors (Lipinski definition) is 3. The minimum atomic E-state index is -0.408. The van der Waals surface area contributed by atoms with Crippen LogP contribution in [0.5, 0.6) is 0 Å². The van der Waals surface area contributed by atoms with Crippen LogP contribution in [0.2, 0.25) is 0 Å². The Balaban J connectivity index is 4.24. The van der Waals surface area contributed by atoms with E-state index in [9.17, 15) is 4.79 Å². The SMILES string of the molecule is C=COC(=C\CC)/C=C/C(=O)OC. The molecule has 0 aromatic rings. The molecule has 0 aromatic carbocycles. The normalized spacial score (nSPS) is 11.4. The standard InChI is InChI=1S/C10H14O3/c1-4-6-9(13-5-2)7-8-10(11)12-3/h5-8H,2,4H2,1,3H3/b8-7+,9-6-. The molecule has 0 rings (SSSR count). The monoisotopic (exact) mass is 182 g/mol. The number of carbonyl (C=O) groups excluding carboxylic acids is 1. The molecule has 0 aliphatic heterocycles. The van der Waals surface area contributed by atoms with Gasteiger partial charge in [0, 0.05) is 6.08 Å². The van der Waals surface area contributed by atoms with Gasteiger partial charge in [-0.15, -0.1) is 0 Å². The molecule has 0 aromatic heterocycles. The molecule has 0 fully saturated rings. The summed E-state index contributed by atoms with van der Waals surface area (Å²) in [6.45, 7) is 5.39. The van der Waals surface area contributed by atoms with E-state index in [1.165, 1.54) is 25.5 Å². The maximum absolute atomic E-state index is 10.7. The van der Waals surface area contributed by atoms with Gasteiger partial charge >= 0.3 is 5.97 Å². The zero-order chi connectivity index (χ0) is 10.1. The number of esters is 1. The Morgan fingerprint density at radius 2 is 2.15 bits per heavy atom. The van der Waals surface area contributed by atoms with Gasteiger partial charge in [-0.3, -0.25) is 0 Å². The van der Waals surface area contributed by atoms with E-state index >= 15 is 0 Å². The Hall–Kier alpha value is -1.51. The quantitative estimate of drug-likeness (QED) is 0.283. The van der Waals surface area contributed by atoms with Crippen molar-refractivity contribution in [2.75, 3.05) is 7.11 Å². The number of rotatable bonds is 5. The highest BCUT2D eigenvalue weighted by molar-refractivity contribution is 5.82. The predicted octanol–water partition coefficient (Wildman–Crippen LogP) is 2.17. The van der Waals surface area contributed by atoms with E-state index in [0.717, 1.165) is 6.42 Å². The van der Waals surface area contributed by atoms with Gasteiger partial charge in [0.05, 0.1) is 13.4 Å². The summed E-state index contributed by atoms with van der Waals surface area (Å²) in [5, 5.41) is 0. The van der Waals surface area contributed by atoms with Crippen molar-refractivity contribution in [1.29, 1.82) is 0 Å². The highest BCUT2D eigenvalue weighted by atomic mass is 16.5. The fourth-order valence-corrected chi connectivity index (χ4v) is 0.671. The van der Waals surface area contributed by atoms with Crippen LogP contribution >= 0.6 is 0 Å². The Kier molecular flexibility index (Phi) is 6.32. The van der Waals surface area contributed by atoms with Gasteiger partial charge in [-0.05, 0) is 18.6 Å². The lowest BCUT2D eigenvalue weighted by Gasteiger charge is -1.98. The third kappa shape index (κ3) is 5.73. The summed E-state index contributed by atoms with van der Waals surface area (Å²) in [6, 6.07) is 0. The molecule has 72 valence electrons. The second kappa shape index (κ2) is 7.16. The van der Waals surface area contributed by atoms with E-state index in [2.05, 4.69) is 11.3 Å². The lowest BCUT2D eigenvalue weighted by atomic mass is 10.3. The Bertz CT molecular complexity index is 226. The average molecular weight is 182 g/mol. The summed E-state index contributed by atoms with van der Waals surface area (Å²) in [5.41, 5.74) is 0. The van der Waals surface area contributed by atoms with Gasteiger partial charge in [0.15, 0.2) is 0 Å². The molecule has 3 heteroatoms. The number of hydrogen-bond donors (Lipinski definition) is 0. The van der Waals surface area contributed by atoms with Gasteiger partial charge < -0.3 is 9.47 Å². The summed E-state index contributed by atoms with van der Waals surface area (Å²) in [7, 11) is 1.32. The lowest BCUT2D eigenvalue weighted by molar-refractivity contribution is -0.134. The maximum Gasteiger partial charge on any atom is 0.330 e. The number of ether oxygens (including phenoxy) is 2. The zero-order valence-corrected chi connectivity index (χ0v) is 7.95. The fraction of sp³-hybridized carbons (Fsp3) is 0.300. The molecule has 3 nitrogen and oxygen atoms in total. The first-order valence-electron chi connectivity index (χ1n) is 3.98. The number of allylic oxidation sites excluding steroid dienone is 2.